The highest BCUT2D eigenvalue weighted by Crippen LogP contribution is 2.05. The number of aliphatic hydroxyl groups is 1. The zero-order valence-corrected chi connectivity index (χ0v) is 10.8. The lowest BCUT2D eigenvalue weighted by Crippen LogP contribution is -2.19. The molecule has 0 saturated heterocycles. The molecule has 0 aromatic heterocycles. The number of aliphatic carboxylic acids is 1. The third-order valence-electron chi connectivity index (χ3n) is 2.40. The Balaban J connectivity index is 3.73. The molecule has 0 aliphatic carbocycles. The highest BCUT2D eigenvalue weighted by molar-refractivity contribution is 5.84. The third kappa shape index (κ3) is 9.78. The van der Waals surface area contributed by atoms with Crippen molar-refractivity contribution >= 4 is 11.8 Å². The van der Waals surface area contributed by atoms with Gasteiger partial charge in [-0.3, -0.25) is 9.59 Å². The molecule has 0 aromatic rings. The molecular weight excluding hydrogens is 232 g/mol. The van der Waals surface area contributed by atoms with Crippen LogP contribution in [0.1, 0.15) is 45.4 Å². The number of Topliss-reactive ketones (excluding diaryl/α,β-unsaturated/α-hetero) is 1. The fraction of sp³-hybridized carbons (Fsp3) is 0.571. The minimum atomic E-state index is -1.04. The largest absolute Gasteiger partial charge is 0.481 e. The molecule has 0 saturated carbocycles. The van der Waals surface area contributed by atoms with Crippen LogP contribution in [0.15, 0.2) is 24.3 Å². The van der Waals surface area contributed by atoms with E-state index in [0.717, 1.165) is 12.8 Å². The van der Waals surface area contributed by atoms with Crippen molar-refractivity contribution in [2.75, 3.05) is 0 Å². The van der Waals surface area contributed by atoms with Crippen molar-refractivity contribution in [1.29, 1.82) is 0 Å². The first kappa shape index (κ1) is 16.6. The van der Waals surface area contributed by atoms with Crippen LogP contribution in [0.5, 0.6) is 0 Å². The average molecular weight is 254 g/mol. The smallest absolute Gasteiger partial charge is 0.303 e. The Morgan fingerprint density at radius 2 is 1.83 bits per heavy atom. The Hall–Kier alpha value is -1.42. The van der Waals surface area contributed by atoms with Crippen molar-refractivity contribution in [3.05, 3.63) is 24.3 Å². The molecule has 0 rings (SSSR count). The van der Waals surface area contributed by atoms with Gasteiger partial charge in [0.05, 0.1) is 0 Å². The van der Waals surface area contributed by atoms with Crippen molar-refractivity contribution in [3.8, 4) is 0 Å². The van der Waals surface area contributed by atoms with Gasteiger partial charge in [-0.1, -0.05) is 31.2 Å². The molecule has 102 valence electrons. The maximum absolute atomic E-state index is 11.4. The fourth-order valence-corrected chi connectivity index (χ4v) is 1.38. The minimum absolute atomic E-state index is 0.0119. The second kappa shape index (κ2) is 10.7. The quantitative estimate of drug-likeness (QED) is 0.587. The van der Waals surface area contributed by atoms with E-state index in [4.69, 9.17) is 5.11 Å². The summed E-state index contributed by atoms with van der Waals surface area (Å²) in [5, 5.41) is 17.9. The first-order valence-electron chi connectivity index (χ1n) is 6.30. The number of ketones is 1. The standard InChI is InChI=1S/C14H22O4/c1-2-3-4-5-6-7-9-12(15)13(16)10-8-11-14(17)18/h3-4,6-7,13,16H,2,5,8-11H2,1H3,(H,17,18)/b4-3-,7-6-/t13-/m0/s1. The van der Waals surface area contributed by atoms with Crippen molar-refractivity contribution in [3.63, 3.8) is 0 Å². The van der Waals surface area contributed by atoms with E-state index in [9.17, 15) is 14.7 Å². The first-order valence-corrected chi connectivity index (χ1v) is 6.30. The molecule has 0 fully saturated rings. The average Bonchev–Trinajstić information content (AvgIpc) is 2.32. The summed E-state index contributed by atoms with van der Waals surface area (Å²) in [5.41, 5.74) is 0. The molecule has 2 N–H and O–H groups in total. The van der Waals surface area contributed by atoms with E-state index < -0.39 is 12.1 Å². The van der Waals surface area contributed by atoms with Gasteiger partial charge in [-0.15, -0.1) is 0 Å². The molecule has 0 heterocycles. The Morgan fingerprint density at radius 1 is 1.17 bits per heavy atom. The Labute approximate surface area is 108 Å². The lowest BCUT2D eigenvalue weighted by atomic mass is 10.1. The number of carbonyl (C=O) groups is 2. The number of carbonyl (C=O) groups excluding carboxylic acids is 1. The summed E-state index contributed by atoms with van der Waals surface area (Å²) >= 11 is 0. The molecule has 0 aliphatic rings. The number of carboxylic acid groups (broad SMARTS) is 1. The Kier molecular flexibility index (Phi) is 9.87. The van der Waals surface area contributed by atoms with Gasteiger partial charge in [-0.05, 0) is 25.7 Å². The number of carboxylic acids is 1. The summed E-state index contributed by atoms with van der Waals surface area (Å²) in [6, 6.07) is 0. The van der Waals surface area contributed by atoms with Crippen molar-refractivity contribution in [2.24, 2.45) is 0 Å². The molecule has 0 radical (unpaired) electrons. The number of hydrogen-bond acceptors (Lipinski definition) is 3. The van der Waals surface area contributed by atoms with Crippen LogP contribution in [0, 0.1) is 0 Å². The van der Waals surface area contributed by atoms with Crippen LogP contribution in [0.25, 0.3) is 0 Å². The lowest BCUT2D eigenvalue weighted by molar-refractivity contribution is -0.137. The maximum atomic E-state index is 11.4. The molecule has 18 heavy (non-hydrogen) atoms. The van der Waals surface area contributed by atoms with Gasteiger partial charge >= 0.3 is 5.97 Å². The number of aliphatic hydroxyl groups excluding tert-OH is 1. The summed E-state index contributed by atoms with van der Waals surface area (Å²) in [4.78, 5) is 21.7. The zero-order valence-electron chi connectivity index (χ0n) is 10.8. The SMILES string of the molecule is CC/C=C\C/C=C\CC(=O)[C@@H](O)CCCC(=O)O. The van der Waals surface area contributed by atoms with Crippen LogP contribution in [-0.4, -0.2) is 28.1 Å². The molecule has 0 spiro atoms. The van der Waals surface area contributed by atoms with Gasteiger partial charge in [0.1, 0.15) is 6.10 Å². The summed E-state index contributed by atoms with van der Waals surface area (Å²) in [6.07, 6.45) is 9.16. The second-order valence-electron chi connectivity index (χ2n) is 4.06. The molecule has 0 aliphatic heterocycles. The maximum Gasteiger partial charge on any atom is 0.303 e. The molecule has 1 atom stereocenters. The van der Waals surface area contributed by atoms with E-state index in [2.05, 4.69) is 6.92 Å². The highest BCUT2D eigenvalue weighted by atomic mass is 16.4. The van der Waals surface area contributed by atoms with Gasteiger partial charge in [0, 0.05) is 12.8 Å². The molecule has 0 aromatic carbocycles. The molecular formula is C14H22O4. The summed E-state index contributed by atoms with van der Waals surface area (Å²) < 4.78 is 0. The van der Waals surface area contributed by atoms with Gasteiger partial charge in [0.2, 0.25) is 0 Å². The first-order chi connectivity index (χ1) is 8.57. The summed E-state index contributed by atoms with van der Waals surface area (Å²) in [5.74, 6) is -1.16. The number of allylic oxidation sites excluding steroid dienone is 4. The molecule has 4 heteroatoms. The second-order valence-corrected chi connectivity index (χ2v) is 4.06. The van der Waals surface area contributed by atoms with Crippen LogP contribution in [0.2, 0.25) is 0 Å². The van der Waals surface area contributed by atoms with Gasteiger partial charge in [0.25, 0.3) is 0 Å². The van der Waals surface area contributed by atoms with Crippen molar-refractivity contribution in [2.45, 2.75) is 51.6 Å². The van der Waals surface area contributed by atoms with E-state index in [0.29, 0.717) is 6.42 Å². The summed E-state index contributed by atoms with van der Waals surface area (Å²) in [7, 11) is 0. The van der Waals surface area contributed by atoms with Gasteiger partial charge < -0.3 is 10.2 Å². The number of hydrogen-bond donors (Lipinski definition) is 2. The monoisotopic (exact) mass is 254 g/mol. The van der Waals surface area contributed by atoms with Gasteiger partial charge in [-0.2, -0.15) is 0 Å². The predicted molar refractivity (Wildman–Crippen MR) is 70.3 cm³/mol. The van der Waals surface area contributed by atoms with Crippen molar-refractivity contribution in [1.82, 2.24) is 0 Å². The highest BCUT2D eigenvalue weighted by Gasteiger charge is 2.13. The topological polar surface area (TPSA) is 74.6 Å². The van der Waals surface area contributed by atoms with Crippen LogP contribution in [-0.2, 0) is 9.59 Å². The number of rotatable bonds is 10. The zero-order chi connectivity index (χ0) is 13.8. The van der Waals surface area contributed by atoms with Crippen LogP contribution in [0.4, 0.5) is 0 Å². The molecule has 0 amide bonds. The molecule has 0 bridgehead atoms. The Bertz CT molecular complexity index is 305. The minimum Gasteiger partial charge on any atom is -0.481 e. The van der Waals surface area contributed by atoms with E-state index >= 15 is 0 Å². The third-order valence-corrected chi connectivity index (χ3v) is 2.40. The summed E-state index contributed by atoms with van der Waals surface area (Å²) in [6.45, 7) is 2.05. The Morgan fingerprint density at radius 3 is 2.44 bits per heavy atom. The fourth-order valence-electron chi connectivity index (χ4n) is 1.38. The molecule has 4 nitrogen and oxygen atoms in total. The van der Waals surface area contributed by atoms with Gasteiger partial charge in [-0.25, -0.2) is 0 Å². The molecule has 0 unspecified atom stereocenters. The van der Waals surface area contributed by atoms with E-state index in [-0.39, 0.29) is 25.0 Å². The van der Waals surface area contributed by atoms with Crippen molar-refractivity contribution < 1.29 is 19.8 Å². The van der Waals surface area contributed by atoms with Crippen LogP contribution < -0.4 is 0 Å². The van der Waals surface area contributed by atoms with E-state index in [1.54, 1.807) is 6.08 Å². The lowest BCUT2D eigenvalue weighted by Gasteiger charge is -2.06. The predicted octanol–water partition coefficient (Wildman–Crippen LogP) is 2.47. The normalized spacial score (nSPS) is 13.2. The van der Waals surface area contributed by atoms with Crippen LogP contribution >= 0.6 is 0 Å². The van der Waals surface area contributed by atoms with E-state index in [1.165, 1.54) is 0 Å². The van der Waals surface area contributed by atoms with Crippen LogP contribution in [0.3, 0.4) is 0 Å². The van der Waals surface area contributed by atoms with E-state index in [1.807, 2.05) is 18.2 Å². The van der Waals surface area contributed by atoms with Gasteiger partial charge in [0.15, 0.2) is 5.78 Å².